The van der Waals surface area contributed by atoms with Crippen molar-refractivity contribution in [1.29, 1.82) is 0 Å². The molecule has 2 aromatic rings. The molecule has 5 nitrogen and oxygen atoms in total. The molecule has 2 unspecified atom stereocenters. The predicted octanol–water partition coefficient (Wildman–Crippen LogP) is 2.87. The number of methoxy groups -OCH3 is 1. The van der Waals surface area contributed by atoms with Gasteiger partial charge in [0.15, 0.2) is 17.8 Å². The molecule has 1 aliphatic heterocycles. The average Bonchev–Trinajstić information content (AvgIpc) is 2.91. The molecule has 0 bridgehead atoms. The smallest absolute Gasteiger partial charge is 0.161 e. The molecule has 0 radical (unpaired) electrons. The van der Waals surface area contributed by atoms with Crippen LogP contribution in [0.5, 0.6) is 11.5 Å². The number of rotatable bonds is 5. The zero-order valence-corrected chi connectivity index (χ0v) is 14.9. The fourth-order valence-corrected chi connectivity index (χ4v) is 3.67. The first-order chi connectivity index (χ1) is 11.5. The minimum absolute atomic E-state index is 0.0219. The second-order valence-electron chi connectivity index (χ2n) is 5.95. The van der Waals surface area contributed by atoms with Gasteiger partial charge in [0.2, 0.25) is 0 Å². The summed E-state index contributed by atoms with van der Waals surface area (Å²) in [6, 6.07) is 11.8. The molecule has 1 aliphatic rings. The van der Waals surface area contributed by atoms with Crippen molar-refractivity contribution in [2.75, 3.05) is 30.3 Å². The summed E-state index contributed by atoms with van der Waals surface area (Å²) < 4.78 is 7.00. The van der Waals surface area contributed by atoms with Crippen molar-refractivity contribution in [3.05, 3.63) is 47.5 Å². The van der Waals surface area contributed by atoms with Crippen LogP contribution in [0.15, 0.2) is 36.4 Å². The molecule has 1 N–H and O–H groups in total. The maximum atomic E-state index is 11.4. The van der Waals surface area contributed by atoms with E-state index < -0.39 is 0 Å². The predicted molar refractivity (Wildman–Crippen MR) is 99.4 cm³/mol. The number of likely N-dealkylation sites (N-methyl/N-ethyl adjacent to an activating group) is 1. The summed E-state index contributed by atoms with van der Waals surface area (Å²) in [5, 5.41) is 10.0. The van der Waals surface area contributed by atoms with Crippen molar-refractivity contribution in [1.82, 2.24) is 0 Å². The zero-order chi connectivity index (χ0) is 17.3. The molecule has 1 heterocycles. The number of aromatic hydroxyl groups is 1. The molecule has 0 aromatic heterocycles. The van der Waals surface area contributed by atoms with E-state index in [9.17, 15) is 9.90 Å². The fourth-order valence-electron chi connectivity index (χ4n) is 3.21. The lowest BCUT2D eigenvalue weighted by atomic mass is 10.1. The Morgan fingerprint density at radius 2 is 2.17 bits per heavy atom. The summed E-state index contributed by atoms with van der Waals surface area (Å²) in [6.45, 7) is 0.711. The monoisotopic (exact) mass is 344 g/mol. The molecule has 24 heavy (non-hydrogen) atoms. The maximum absolute atomic E-state index is 11.4. The van der Waals surface area contributed by atoms with E-state index >= 15 is 0 Å². The summed E-state index contributed by atoms with van der Waals surface area (Å²) in [5.74, 6) is 0.318. The Morgan fingerprint density at radius 3 is 2.83 bits per heavy atom. The zero-order valence-electron chi connectivity index (χ0n) is 13.8. The first-order valence-corrected chi connectivity index (χ1v) is 8.26. The van der Waals surface area contributed by atoms with Crippen molar-refractivity contribution in [2.24, 2.45) is 0 Å². The standard InChI is InChI=1S/C18H21N2O3P/c1-19-14(7-12-5-3-4-6-15(12)19)10-20(24)16-9-17(22)18(23-2)8-13(16)11-21/h3-6,8-9,11,14,22H,7,10,24H2,1-2H3. The summed E-state index contributed by atoms with van der Waals surface area (Å²) in [7, 11) is 6.20. The number of hydrogen-bond acceptors (Lipinski definition) is 5. The van der Waals surface area contributed by atoms with Gasteiger partial charge in [-0.25, -0.2) is 0 Å². The highest BCUT2D eigenvalue weighted by atomic mass is 31.0. The fraction of sp³-hybridized carbons (Fsp3) is 0.278. The largest absolute Gasteiger partial charge is 0.504 e. The highest BCUT2D eigenvalue weighted by Gasteiger charge is 2.27. The molecule has 0 fully saturated rings. The molecular formula is C18H21N2O3P. The van der Waals surface area contributed by atoms with Crippen LogP contribution in [0.2, 0.25) is 0 Å². The number of nitrogens with zero attached hydrogens (tertiary/aromatic N) is 2. The number of para-hydroxylation sites is 1. The maximum Gasteiger partial charge on any atom is 0.161 e. The highest BCUT2D eigenvalue weighted by Crippen LogP contribution is 2.37. The Labute approximate surface area is 144 Å². The average molecular weight is 344 g/mol. The van der Waals surface area contributed by atoms with Gasteiger partial charge >= 0.3 is 0 Å². The van der Waals surface area contributed by atoms with E-state index in [1.165, 1.54) is 18.4 Å². The van der Waals surface area contributed by atoms with Crippen molar-refractivity contribution in [3.63, 3.8) is 0 Å². The van der Waals surface area contributed by atoms with Crippen molar-refractivity contribution in [2.45, 2.75) is 12.5 Å². The number of fused-ring (bicyclic) bond motifs is 1. The summed E-state index contributed by atoms with van der Waals surface area (Å²) in [6.07, 6.45) is 1.73. The Kier molecular flexibility index (Phi) is 4.63. The number of phenols is 1. The number of phenolic OH excluding ortho intramolecular Hbond substituents is 1. The van der Waals surface area contributed by atoms with Gasteiger partial charge < -0.3 is 19.4 Å². The lowest BCUT2D eigenvalue weighted by molar-refractivity contribution is 0.112. The van der Waals surface area contributed by atoms with E-state index in [1.54, 1.807) is 12.1 Å². The van der Waals surface area contributed by atoms with Gasteiger partial charge in [0.25, 0.3) is 0 Å². The third-order valence-corrected chi connectivity index (χ3v) is 5.04. The van der Waals surface area contributed by atoms with Gasteiger partial charge in [-0.05, 0) is 33.5 Å². The first-order valence-electron chi connectivity index (χ1n) is 7.74. The highest BCUT2D eigenvalue weighted by molar-refractivity contribution is 7.19. The molecular weight excluding hydrogens is 323 g/mol. The summed E-state index contributed by atoms with van der Waals surface area (Å²) >= 11 is 0. The number of benzene rings is 2. The van der Waals surface area contributed by atoms with Crippen LogP contribution in [0.25, 0.3) is 0 Å². The van der Waals surface area contributed by atoms with Gasteiger partial charge in [-0.3, -0.25) is 4.79 Å². The molecule has 2 aromatic carbocycles. The number of anilines is 2. The quantitative estimate of drug-likeness (QED) is 0.668. The summed E-state index contributed by atoms with van der Waals surface area (Å²) in [5.41, 5.74) is 3.72. The van der Waals surface area contributed by atoms with Crippen LogP contribution < -0.4 is 14.3 Å². The molecule has 6 heteroatoms. The minimum Gasteiger partial charge on any atom is -0.504 e. The molecule has 0 saturated heterocycles. The second-order valence-corrected chi connectivity index (χ2v) is 6.57. The Morgan fingerprint density at radius 1 is 1.42 bits per heavy atom. The van der Waals surface area contributed by atoms with Crippen molar-refractivity contribution >= 4 is 27.1 Å². The molecule has 0 aliphatic carbocycles. The van der Waals surface area contributed by atoms with Crippen LogP contribution in [0.4, 0.5) is 11.4 Å². The van der Waals surface area contributed by atoms with E-state index in [0.717, 1.165) is 12.7 Å². The molecule has 126 valence electrons. The van der Waals surface area contributed by atoms with Gasteiger partial charge in [0.05, 0.1) is 18.8 Å². The van der Waals surface area contributed by atoms with E-state index in [1.807, 2.05) is 10.7 Å². The molecule has 0 spiro atoms. The first kappa shape index (κ1) is 16.6. The lowest BCUT2D eigenvalue weighted by Crippen LogP contribution is -2.37. The van der Waals surface area contributed by atoms with Crippen molar-refractivity contribution in [3.8, 4) is 11.5 Å². The Bertz CT molecular complexity index is 766. The third-order valence-electron chi connectivity index (χ3n) is 4.55. The lowest BCUT2D eigenvalue weighted by Gasteiger charge is -2.29. The molecule has 3 rings (SSSR count). The van der Waals surface area contributed by atoms with Gasteiger partial charge in [0, 0.05) is 30.9 Å². The van der Waals surface area contributed by atoms with Crippen LogP contribution in [0.1, 0.15) is 15.9 Å². The number of carbonyl (C=O) groups excluding carboxylic acids is 1. The SMILES string of the molecule is COc1cc(C=O)c(N(P)CC2Cc3ccccc3N2C)cc1O. The van der Waals surface area contributed by atoms with Gasteiger partial charge in [0.1, 0.15) is 0 Å². The van der Waals surface area contributed by atoms with E-state index in [2.05, 4.69) is 39.5 Å². The van der Waals surface area contributed by atoms with Gasteiger partial charge in [-0.2, -0.15) is 0 Å². The third kappa shape index (κ3) is 2.92. The van der Waals surface area contributed by atoms with Crippen LogP contribution in [0, 0.1) is 0 Å². The number of ether oxygens (including phenoxy) is 1. The van der Waals surface area contributed by atoms with Gasteiger partial charge in [-0.1, -0.05) is 18.2 Å². The minimum atomic E-state index is 0.0219. The second kappa shape index (κ2) is 6.70. The van der Waals surface area contributed by atoms with Crippen LogP contribution in [-0.4, -0.2) is 38.1 Å². The van der Waals surface area contributed by atoms with Gasteiger partial charge in [-0.15, -0.1) is 0 Å². The van der Waals surface area contributed by atoms with E-state index in [4.69, 9.17) is 4.74 Å². The van der Waals surface area contributed by atoms with Crippen LogP contribution in [0.3, 0.4) is 0 Å². The normalized spacial score (nSPS) is 16.0. The van der Waals surface area contributed by atoms with Crippen LogP contribution >= 0.6 is 9.39 Å². The van der Waals surface area contributed by atoms with E-state index in [-0.39, 0.29) is 5.75 Å². The summed E-state index contributed by atoms with van der Waals surface area (Å²) in [4.78, 5) is 13.7. The number of aldehydes is 1. The molecule has 0 saturated carbocycles. The Balaban J connectivity index is 1.82. The Hall–Kier alpha value is -2.26. The topological polar surface area (TPSA) is 53.0 Å². The number of carbonyl (C=O) groups is 1. The van der Waals surface area contributed by atoms with E-state index in [0.29, 0.717) is 29.6 Å². The molecule has 2 atom stereocenters. The van der Waals surface area contributed by atoms with Crippen LogP contribution in [-0.2, 0) is 6.42 Å². The number of hydrogen-bond donors (Lipinski definition) is 1. The van der Waals surface area contributed by atoms with Crippen molar-refractivity contribution < 1.29 is 14.6 Å². The molecule has 0 amide bonds.